The first-order valence-corrected chi connectivity index (χ1v) is 6.60. The molecule has 0 amide bonds. The zero-order valence-electron chi connectivity index (χ0n) is 11.9. The fourth-order valence-electron chi connectivity index (χ4n) is 1.77. The summed E-state index contributed by atoms with van der Waals surface area (Å²) in [6.07, 6.45) is 1.73. The monoisotopic (exact) mass is 291 g/mol. The minimum Gasteiger partial charge on any atom is -0.475 e. The topological polar surface area (TPSA) is 90.4 Å². The standard InChI is InChI=1S/C14H17N3O4/c1-10(2)20-14-11(4-3-7-16-14)8-15-9-12-5-6-13(21-12)17(18)19/h3-7,10,15H,8-9H2,1-2H3. The molecule has 0 atom stereocenters. The van der Waals surface area contributed by atoms with E-state index in [4.69, 9.17) is 9.15 Å². The summed E-state index contributed by atoms with van der Waals surface area (Å²) < 4.78 is 10.7. The van der Waals surface area contributed by atoms with E-state index in [1.54, 1.807) is 12.3 Å². The molecule has 2 aromatic rings. The molecule has 2 aromatic heterocycles. The van der Waals surface area contributed by atoms with Gasteiger partial charge in [-0.3, -0.25) is 10.1 Å². The quantitative estimate of drug-likeness (QED) is 0.623. The Morgan fingerprint density at radius 3 is 2.86 bits per heavy atom. The molecule has 1 N–H and O–H groups in total. The number of aromatic nitrogens is 1. The predicted octanol–water partition coefficient (Wildman–Crippen LogP) is 2.66. The summed E-state index contributed by atoms with van der Waals surface area (Å²) in [5.74, 6) is 0.847. The molecule has 2 rings (SSSR count). The molecule has 0 aromatic carbocycles. The molecule has 7 nitrogen and oxygen atoms in total. The Morgan fingerprint density at radius 2 is 2.19 bits per heavy atom. The van der Waals surface area contributed by atoms with Crippen molar-refractivity contribution in [3.63, 3.8) is 0 Å². The maximum absolute atomic E-state index is 10.5. The molecule has 0 unspecified atom stereocenters. The molecule has 0 aliphatic carbocycles. The lowest BCUT2D eigenvalue weighted by atomic mass is 10.2. The molecular weight excluding hydrogens is 274 g/mol. The first-order valence-electron chi connectivity index (χ1n) is 6.60. The van der Waals surface area contributed by atoms with Gasteiger partial charge in [-0.15, -0.1) is 0 Å². The van der Waals surface area contributed by atoms with Gasteiger partial charge in [-0.25, -0.2) is 4.98 Å². The Hall–Kier alpha value is -2.41. The van der Waals surface area contributed by atoms with E-state index < -0.39 is 4.92 Å². The lowest BCUT2D eigenvalue weighted by Crippen LogP contribution is -2.15. The number of hydrogen-bond donors (Lipinski definition) is 1. The summed E-state index contributed by atoms with van der Waals surface area (Å²) in [5, 5.41) is 13.7. The molecule has 21 heavy (non-hydrogen) atoms. The number of nitrogens with zero attached hydrogens (tertiary/aromatic N) is 2. The van der Waals surface area contributed by atoms with Crippen molar-refractivity contribution < 1.29 is 14.1 Å². The Morgan fingerprint density at radius 1 is 1.38 bits per heavy atom. The third-order valence-electron chi connectivity index (χ3n) is 2.64. The van der Waals surface area contributed by atoms with Crippen LogP contribution < -0.4 is 10.1 Å². The van der Waals surface area contributed by atoms with E-state index in [1.165, 1.54) is 6.07 Å². The molecule has 0 bridgehead atoms. The molecule has 0 saturated carbocycles. The molecule has 0 radical (unpaired) electrons. The first kappa shape index (κ1) is 15.0. The van der Waals surface area contributed by atoms with Crippen molar-refractivity contribution in [2.24, 2.45) is 0 Å². The maximum atomic E-state index is 10.5. The highest BCUT2D eigenvalue weighted by Gasteiger charge is 2.12. The molecular formula is C14H17N3O4. The van der Waals surface area contributed by atoms with E-state index in [2.05, 4.69) is 10.3 Å². The molecule has 0 aliphatic rings. The molecule has 0 spiro atoms. The Balaban J connectivity index is 1.92. The van der Waals surface area contributed by atoms with Crippen molar-refractivity contribution in [1.29, 1.82) is 0 Å². The average molecular weight is 291 g/mol. The van der Waals surface area contributed by atoms with Gasteiger partial charge in [0.25, 0.3) is 0 Å². The van der Waals surface area contributed by atoms with Crippen molar-refractivity contribution in [2.75, 3.05) is 0 Å². The largest absolute Gasteiger partial charge is 0.475 e. The number of rotatable bonds is 7. The Bertz CT molecular complexity index is 610. The van der Waals surface area contributed by atoms with Crippen LogP contribution in [-0.4, -0.2) is 16.0 Å². The van der Waals surface area contributed by atoms with Crippen molar-refractivity contribution >= 4 is 5.88 Å². The number of hydrogen-bond acceptors (Lipinski definition) is 6. The molecule has 0 fully saturated rings. The Labute approximate surface area is 122 Å². The first-order chi connectivity index (χ1) is 10.1. The number of furan rings is 1. The molecule has 7 heteroatoms. The van der Waals surface area contributed by atoms with Crippen LogP contribution in [0.4, 0.5) is 5.88 Å². The summed E-state index contributed by atoms with van der Waals surface area (Å²) in [5.41, 5.74) is 0.923. The van der Waals surface area contributed by atoms with E-state index in [-0.39, 0.29) is 12.0 Å². The van der Waals surface area contributed by atoms with E-state index in [1.807, 2.05) is 26.0 Å². The highest BCUT2D eigenvalue weighted by atomic mass is 16.6. The van der Waals surface area contributed by atoms with E-state index in [0.717, 1.165) is 5.56 Å². The highest BCUT2D eigenvalue weighted by Crippen LogP contribution is 2.17. The smallest absolute Gasteiger partial charge is 0.433 e. The summed E-state index contributed by atoms with van der Waals surface area (Å²) >= 11 is 0. The Kier molecular flexibility index (Phi) is 4.89. The summed E-state index contributed by atoms with van der Waals surface area (Å²) in [6.45, 7) is 4.80. The molecule has 112 valence electrons. The van der Waals surface area contributed by atoms with Gasteiger partial charge < -0.3 is 14.5 Å². The van der Waals surface area contributed by atoms with Gasteiger partial charge >= 0.3 is 5.88 Å². The minimum absolute atomic E-state index is 0.0476. The van der Waals surface area contributed by atoms with Crippen LogP contribution in [-0.2, 0) is 13.1 Å². The average Bonchev–Trinajstić information content (AvgIpc) is 2.89. The van der Waals surface area contributed by atoms with Gasteiger partial charge in [-0.05, 0) is 26.0 Å². The number of ether oxygens (including phenoxy) is 1. The molecule has 0 aliphatic heterocycles. The minimum atomic E-state index is -0.556. The zero-order chi connectivity index (χ0) is 15.2. The highest BCUT2D eigenvalue weighted by molar-refractivity contribution is 5.25. The van der Waals surface area contributed by atoms with Gasteiger partial charge in [-0.2, -0.15) is 0 Å². The normalized spacial score (nSPS) is 10.8. The van der Waals surface area contributed by atoms with Gasteiger partial charge in [0.05, 0.1) is 18.7 Å². The van der Waals surface area contributed by atoms with Crippen LogP contribution in [0.3, 0.4) is 0 Å². The molecule has 2 heterocycles. The predicted molar refractivity (Wildman–Crippen MR) is 75.9 cm³/mol. The van der Waals surface area contributed by atoms with Crippen LogP contribution in [0.5, 0.6) is 5.88 Å². The van der Waals surface area contributed by atoms with E-state index >= 15 is 0 Å². The van der Waals surface area contributed by atoms with Crippen molar-refractivity contribution in [3.8, 4) is 5.88 Å². The van der Waals surface area contributed by atoms with Crippen LogP contribution in [0, 0.1) is 10.1 Å². The molecule has 0 saturated heterocycles. The number of pyridine rings is 1. The number of nitro groups is 1. The van der Waals surface area contributed by atoms with Gasteiger partial charge in [-0.1, -0.05) is 6.07 Å². The van der Waals surface area contributed by atoms with Crippen LogP contribution in [0.25, 0.3) is 0 Å². The second-order valence-electron chi connectivity index (χ2n) is 4.73. The summed E-state index contributed by atoms with van der Waals surface area (Å²) in [4.78, 5) is 14.2. The SMILES string of the molecule is CC(C)Oc1ncccc1CNCc1ccc([N+](=O)[O-])o1. The van der Waals surface area contributed by atoms with Crippen LogP contribution in [0.2, 0.25) is 0 Å². The van der Waals surface area contributed by atoms with Gasteiger partial charge in [0.1, 0.15) is 10.7 Å². The summed E-state index contributed by atoms with van der Waals surface area (Å²) in [6, 6.07) is 6.68. The van der Waals surface area contributed by atoms with Crippen LogP contribution in [0.1, 0.15) is 25.2 Å². The fourth-order valence-corrected chi connectivity index (χ4v) is 1.77. The zero-order valence-corrected chi connectivity index (χ0v) is 11.9. The van der Waals surface area contributed by atoms with Gasteiger partial charge in [0, 0.05) is 18.3 Å². The van der Waals surface area contributed by atoms with Crippen molar-refractivity contribution in [3.05, 3.63) is 51.9 Å². The van der Waals surface area contributed by atoms with Crippen LogP contribution in [0.15, 0.2) is 34.9 Å². The van der Waals surface area contributed by atoms with Crippen molar-refractivity contribution in [2.45, 2.75) is 33.0 Å². The second-order valence-corrected chi connectivity index (χ2v) is 4.73. The van der Waals surface area contributed by atoms with E-state index in [9.17, 15) is 10.1 Å². The third kappa shape index (κ3) is 4.28. The van der Waals surface area contributed by atoms with Crippen molar-refractivity contribution in [1.82, 2.24) is 10.3 Å². The van der Waals surface area contributed by atoms with Crippen LogP contribution >= 0.6 is 0 Å². The van der Waals surface area contributed by atoms with Gasteiger partial charge in [0.2, 0.25) is 5.88 Å². The number of nitrogens with one attached hydrogen (secondary N) is 1. The lowest BCUT2D eigenvalue weighted by Gasteiger charge is -2.12. The third-order valence-corrected chi connectivity index (χ3v) is 2.64. The fraction of sp³-hybridized carbons (Fsp3) is 0.357. The van der Waals surface area contributed by atoms with Gasteiger partial charge in [0.15, 0.2) is 0 Å². The second kappa shape index (κ2) is 6.85. The lowest BCUT2D eigenvalue weighted by molar-refractivity contribution is -0.402. The van der Waals surface area contributed by atoms with E-state index in [0.29, 0.717) is 24.7 Å². The summed E-state index contributed by atoms with van der Waals surface area (Å²) in [7, 11) is 0. The maximum Gasteiger partial charge on any atom is 0.433 e.